The lowest BCUT2D eigenvalue weighted by Gasteiger charge is -2.09. The average molecular weight is 520 g/mol. The number of benzene rings is 3. The third kappa shape index (κ3) is 5.18. The molecule has 0 aliphatic carbocycles. The Bertz CT molecular complexity index is 1590. The van der Waals surface area contributed by atoms with Crippen LogP contribution in [0.15, 0.2) is 83.5 Å². The molecule has 192 valence electrons. The molecule has 2 N–H and O–H groups in total. The summed E-state index contributed by atoms with van der Waals surface area (Å²) in [6.07, 6.45) is -2.57. The Labute approximate surface area is 213 Å². The van der Waals surface area contributed by atoms with Gasteiger partial charge in [-0.3, -0.25) is 0 Å². The number of hydrogen-bond acceptors (Lipinski definition) is 6. The van der Waals surface area contributed by atoms with Gasteiger partial charge in [0.2, 0.25) is 0 Å². The predicted molar refractivity (Wildman–Crippen MR) is 130 cm³/mol. The van der Waals surface area contributed by atoms with Crippen LogP contribution in [0.2, 0.25) is 0 Å². The number of nitrogens with zero attached hydrogens (tertiary/aromatic N) is 4. The minimum Gasteiger partial charge on any atom is -0.478 e. The normalized spacial score (nSPS) is 11.6. The Kier molecular flexibility index (Phi) is 6.52. The number of alkyl halides is 3. The highest BCUT2D eigenvalue weighted by Crippen LogP contribution is 2.31. The van der Waals surface area contributed by atoms with E-state index in [1.807, 2.05) is 24.3 Å². The lowest BCUT2D eigenvalue weighted by Crippen LogP contribution is -2.03. The number of hydrogen-bond donors (Lipinski definition) is 2. The van der Waals surface area contributed by atoms with Crippen LogP contribution in [0.5, 0.6) is 0 Å². The van der Waals surface area contributed by atoms with Crippen molar-refractivity contribution in [3.8, 4) is 39.3 Å². The smallest absolute Gasteiger partial charge is 0.416 e. The summed E-state index contributed by atoms with van der Waals surface area (Å²) >= 11 is 0. The lowest BCUT2D eigenvalue weighted by atomic mass is 10.00. The number of aliphatic hydroxyl groups is 1. The molecule has 0 amide bonds. The zero-order chi connectivity index (χ0) is 26.9. The average Bonchev–Trinajstić information content (AvgIpc) is 3.59. The fourth-order valence-electron chi connectivity index (χ4n) is 3.90. The summed E-state index contributed by atoms with van der Waals surface area (Å²) < 4.78 is 45.2. The molecule has 3 aromatic carbocycles. The number of carbonyl (C=O) groups is 1. The SMILES string of the molecule is O=C(O)c1cc(-c2ccc(-c3cc(CCO)on3)cc2)cc(-n2cc(-c3ccc(C(F)(F)F)cc3)nn2)c1. The molecular weight excluding hydrogens is 501 g/mol. The van der Waals surface area contributed by atoms with Gasteiger partial charge in [-0.15, -0.1) is 5.10 Å². The van der Waals surface area contributed by atoms with Crippen LogP contribution < -0.4 is 0 Å². The summed E-state index contributed by atoms with van der Waals surface area (Å²) in [5.41, 5.74) is 3.18. The molecular formula is C27H19F3N4O4. The van der Waals surface area contributed by atoms with Crippen molar-refractivity contribution < 1.29 is 32.7 Å². The van der Waals surface area contributed by atoms with E-state index in [9.17, 15) is 23.1 Å². The molecule has 0 aliphatic rings. The van der Waals surface area contributed by atoms with Gasteiger partial charge in [0.25, 0.3) is 0 Å². The maximum atomic E-state index is 12.9. The quantitative estimate of drug-likeness (QED) is 0.291. The first-order valence-electron chi connectivity index (χ1n) is 11.4. The molecule has 2 heterocycles. The van der Waals surface area contributed by atoms with E-state index in [4.69, 9.17) is 9.63 Å². The Morgan fingerprint density at radius 2 is 1.53 bits per heavy atom. The molecule has 0 bridgehead atoms. The molecule has 2 aromatic heterocycles. The van der Waals surface area contributed by atoms with Crippen molar-refractivity contribution in [1.82, 2.24) is 20.2 Å². The summed E-state index contributed by atoms with van der Waals surface area (Å²) in [6, 6.07) is 18.3. The van der Waals surface area contributed by atoms with Gasteiger partial charge < -0.3 is 14.7 Å². The van der Waals surface area contributed by atoms with E-state index in [1.54, 1.807) is 12.1 Å². The standard InChI is InChI=1S/C27H19F3N4O4/c28-27(29,30)21-7-5-18(6-8-21)25-15-34(33-31-25)22-12-19(11-20(13-22)26(36)37)16-1-3-17(4-2-16)24-14-23(9-10-35)38-32-24/h1-8,11-15,35H,9-10H2,(H,36,37). The third-order valence-corrected chi connectivity index (χ3v) is 5.86. The van der Waals surface area contributed by atoms with Gasteiger partial charge in [0, 0.05) is 23.6 Å². The van der Waals surface area contributed by atoms with E-state index in [0.29, 0.717) is 40.4 Å². The third-order valence-electron chi connectivity index (χ3n) is 5.86. The van der Waals surface area contributed by atoms with Gasteiger partial charge in [-0.2, -0.15) is 13.2 Å². The molecule has 11 heteroatoms. The Balaban J connectivity index is 1.45. The Morgan fingerprint density at radius 3 is 2.18 bits per heavy atom. The monoisotopic (exact) mass is 520 g/mol. The van der Waals surface area contributed by atoms with Crippen LogP contribution >= 0.6 is 0 Å². The largest absolute Gasteiger partial charge is 0.478 e. The fourth-order valence-corrected chi connectivity index (χ4v) is 3.90. The second kappa shape index (κ2) is 9.94. The van der Waals surface area contributed by atoms with Crippen LogP contribution in [-0.4, -0.2) is 42.9 Å². The summed E-state index contributed by atoms with van der Waals surface area (Å²) in [5.74, 6) is -0.569. The van der Waals surface area contributed by atoms with Crippen molar-refractivity contribution in [3.63, 3.8) is 0 Å². The summed E-state index contributed by atoms with van der Waals surface area (Å²) in [7, 11) is 0. The van der Waals surface area contributed by atoms with Crippen molar-refractivity contribution in [3.05, 3.63) is 95.9 Å². The number of aromatic carboxylic acids is 1. The minimum atomic E-state index is -4.44. The van der Waals surface area contributed by atoms with Gasteiger partial charge in [-0.1, -0.05) is 46.8 Å². The second-order valence-corrected chi connectivity index (χ2v) is 8.43. The number of carboxylic acids is 1. The van der Waals surface area contributed by atoms with Gasteiger partial charge in [0.05, 0.1) is 29.6 Å². The van der Waals surface area contributed by atoms with Gasteiger partial charge in [-0.25, -0.2) is 9.48 Å². The fraction of sp³-hybridized carbons (Fsp3) is 0.111. The Hall–Kier alpha value is -4.77. The Morgan fingerprint density at radius 1 is 0.868 bits per heavy atom. The maximum Gasteiger partial charge on any atom is 0.416 e. The van der Waals surface area contributed by atoms with Crippen molar-refractivity contribution in [2.75, 3.05) is 6.61 Å². The molecule has 0 saturated heterocycles. The molecule has 8 nitrogen and oxygen atoms in total. The topological polar surface area (TPSA) is 114 Å². The van der Waals surface area contributed by atoms with Crippen LogP contribution in [0.1, 0.15) is 21.7 Å². The predicted octanol–water partition coefficient (Wildman–Crippen LogP) is 5.51. The molecule has 5 rings (SSSR count). The lowest BCUT2D eigenvalue weighted by molar-refractivity contribution is -0.137. The van der Waals surface area contributed by atoms with E-state index in [1.165, 1.54) is 35.1 Å². The first kappa shape index (κ1) is 24.9. The van der Waals surface area contributed by atoms with Gasteiger partial charge >= 0.3 is 12.1 Å². The van der Waals surface area contributed by atoms with Crippen LogP contribution in [-0.2, 0) is 12.6 Å². The van der Waals surface area contributed by atoms with Gasteiger partial charge in [0.15, 0.2) is 0 Å². The molecule has 0 aliphatic heterocycles. The zero-order valence-corrected chi connectivity index (χ0v) is 19.6. The zero-order valence-electron chi connectivity index (χ0n) is 19.6. The van der Waals surface area contributed by atoms with E-state index in [2.05, 4.69) is 15.5 Å². The first-order chi connectivity index (χ1) is 18.2. The van der Waals surface area contributed by atoms with Crippen LogP contribution in [0.3, 0.4) is 0 Å². The molecule has 0 radical (unpaired) electrons. The van der Waals surface area contributed by atoms with Crippen LogP contribution in [0, 0.1) is 0 Å². The van der Waals surface area contributed by atoms with Crippen LogP contribution in [0.25, 0.3) is 39.3 Å². The van der Waals surface area contributed by atoms with Crippen LogP contribution in [0.4, 0.5) is 13.2 Å². The van der Waals surface area contributed by atoms with E-state index < -0.39 is 17.7 Å². The number of carboxylic acid groups (broad SMARTS) is 1. The molecule has 0 saturated carbocycles. The van der Waals surface area contributed by atoms with Crippen molar-refractivity contribution in [1.29, 1.82) is 0 Å². The van der Waals surface area contributed by atoms with Gasteiger partial charge in [0.1, 0.15) is 17.1 Å². The number of aliphatic hydroxyl groups excluding tert-OH is 1. The van der Waals surface area contributed by atoms with Crippen molar-refractivity contribution >= 4 is 5.97 Å². The second-order valence-electron chi connectivity index (χ2n) is 8.43. The summed E-state index contributed by atoms with van der Waals surface area (Å²) in [6.45, 7) is -0.0482. The minimum absolute atomic E-state index is 0.0262. The highest BCUT2D eigenvalue weighted by atomic mass is 19.4. The molecule has 0 unspecified atom stereocenters. The van der Waals surface area contributed by atoms with E-state index in [0.717, 1.165) is 23.3 Å². The van der Waals surface area contributed by atoms with E-state index in [-0.39, 0.29) is 12.2 Å². The molecule has 0 spiro atoms. The number of halogens is 3. The summed E-state index contributed by atoms with van der Waals surface area (Å²) in [5, 5.41) is 30.8. The molecule has 0 fully saturated rings. The van der Waals surface area contributed by atoms with Crippen molar-refractivity contribution in [2.24, 2.45) is 0 Å². The maximum absolute atomic E-state index is 12.9. The first-order valence-corrected chi connectivity index (χ1v) is 11.4. The van der Waals surface area contributed by atoms with Crippen molar-refractivity contribution in [2.45, 2.75) is 12.6 Å². The van der Waals surface area contributed by atoms with Gasteiger partial charge in [-0.05, 0) is 41.5 Å². The molecule has 38 heavy (non-hydrogen) atoms. The highest BCUT2D eigenvalue weighted by molar-refractivity contribution is 5.90. The summed E-state index contributed by atoms with van der Waals surface area (Å²) in [4.78, 5) is 11.8. The number of rotatable bonds is 7. The number of aromatic nitrogens is 4. The van der Waals surface area contributed by atoms with E-state index >= 15 is 0 Å². The molecule has 5 aromatic rings. The molecule has 0 atom stereocenters. The highest BCUT2D eigenvalue weighted by Gasteiger charge is 2.30.